The maximum absolute atomic E-state index is 12.3. The molecule has 0 bridgehead atoms. The van der Waals surface area contributed by atoms with Gasteiger partial charge in [-0.1, -0.05) is 32.0 Å². The molecular formula is C25H22IN3O2S. The second-order valence-electron chi connectivity index (χ2n) is 7.74. The van der Waals surface area contributed by atoms with Gasteiger partial charge in [0.2, 0.25) is 5.89 Å². The summed E-state index contributed by atoms with van der Waals surface area (Å²) in [7, 11) is 0. The predicted octanol–water partition coefficient (Wildman–Crippen LogP) is 6.03. The van der Waals surface area contributed by atoms with Gasteiger partial charge in [0, 0.05) is 21.2 Å². The fourth-order valence-electron chi connectivity index (χ4n) is 3.20. The number of hydrogen-bond acceptors (Lipinski definition) is 4. The summed E-state index contributed by atoms with van der Waals surface area (Å²) in [5.41, 5.74) is 5.39. The van der Waals surface area contributed by atoms with Gasteiger partial charge in [0.05, 0.1) is 0 Å². The first-order chi connectivity index (χ1) is 15.4. The fourth-order valence-corrected chi connectivity index (χ4v) is 3.72. The lowest BCUT2D eigenvalue weighted by Gasteiger charge is -2.10. The van der Waals surface area contributed by atoms with Crippen LogP contribution in [0.3, 0.4) is 0 Å². The van der Waals surface area contributed by atoms with Crippen LogP contribution in [0.4, 0.5) is 0 Å². The molecule has 0 unspecified atom stereocenters. The van der Waals surface area contributed by atoms with Crippen molar-refractivity contribution in [2.45, 2.75) is 26.3 Å². The van der Waals surface area contributed by atoms with Crippen LogP contribution in [-0.2, 0) is 6.54 Å². The van der Waals surface area contributed by atoms with E-state index in [0.717, 1.165) is 25.8 Å². The molecule has 32 heavy (non-hydrogen) atoms. The summed E-state index contributed by atoms with van der Waals surface area (Å²) in [5.74, 6) is 0.810. The first-order valence-electron chi connectivity index (χ1n) is 10.2. The van der Waals surface area contributed by atoms with Crippen molar-refractivity contribution in [3.05, 3.63) is 87.0 Å². The predicted molar refractivity (Wildman–Crippen MR) is 140 cm³/mol. The number of benzene rings is 3. The van der Waals surface area contributed by atoms with Crippen molar-refractivity contribution in [1.29, 1.82) is 0 Å². The Morgan fingerprint density at radius 2 is 1.78 bits per heavy atom. The molecule has 0 radical (unpaired) electrons. The van der Waals surface area contributed by atoms with Gasteiger partial charge in [-0.2, -0.15) is 0 Å². The van der Waals surface area contributed by atoms with Crippen LogP contribution in [0, 0.1) is 3.57 Å². The summed E-state index contributed by atoms with van der Waals surface area (Å²) in [6.45, 7) is 4.82. The smallest absolute Gasteiger partial charge is 0.257 e. The molecule has 4 aromatic rings. The highest BCUT2D eigenvalue weighted by molar-refractivity contribution is 14.1. The lowest BCUT2D eigenvalue weighted by atomic mass is 10.0. The third-order valence-electron chi connectivity index (χ3n) is 5.07. The third-order valence-corrected chi connectivity index (χ3v) is 6.03. The largest absolute Gasteiger partial charge is 0.436 e. The van der Waals surface area contributed by atoms with Crippen molar-refractivity contribution in [2.24, 2.45) is 0 Å². The van der Waals surface area contributed by atoms with Gasteiger partial charge in [0.1, 0.15) is 5.52 Å². The van der Waals surface area contributed by atoms with E-state index >= 15 is 0 Å². The van der Waals surface area contributed by atoms with Crippen LogP contribution >= 0.6 is 34.8 Å². The van der Waals surface area contributed by atoms with Crippen LogP contribution in [0.25, 0.3) is 22.6 Å². The Morgan fingerprint density at radius 3 is 2.47 bits per heavy atom. The first kappa shape index (κ1) is 22.4. The van der Waals surface area contributed by atoms with Crippen molar-refractivity contribution < 1.29 is 9.21 Å². The molecule has 0 saturated heterocycles. The minimum atomic E-state index is -0.231. The van der Waals surface area contributed by atoms with Gasteiger partial charge in [-0.05, 0) is 100 Å². The van der Waals surface area contributed by atoms with E-state index in [1.807, 2.05) is 42.5 Å². The molecule has 1 heterocycles. The molecule has 0 aliphatic rings. The van der Waals surface area contributed by atoms with E-state index in [1.165, 1.54) is 5.56 Å². The molecule has 4 rings (SSSR count). The third kappa shape index (κ3) is 5.34. The highest BCUT2D eigenvalue weighted by atomic mass is 127. The molecule has 162 valence electrons. The van der Waals surface area contributed by atoms with Crippen LogP contribution < -0.4 is 10.6 Å². The van der Waals surface area contributed by atoms with Gasteiger partial charge >= 0.3 is 0 Å². The number of oxazole rings is 1. The topological polar surface area (TPSA) is 67.2 Å². The van der Waals surface area contributed by atoms with E-state index in [9.17, 15) is 4.79 Å². The Balaban J connectivity index is 1.36. The number of nitrogens with one attached hydrogen (secondary N) is 2. The van der Waals surface area contributed by atoms with Crippen molar-refractivity contribution in [3.8, 4) is 11.5 Å². The molecular weight excluding hydrogens is 533 g/mol. The standard InChI is InChI=1S/C25H22IN3O2S/c1-15(2)19-9-12-22-21(13-19)28-24(31-22)18-5-3-16(4-6-18)14-27-25(32)29-23(30)17-7-10-20(26)11-8-17/h3-13,15H,14H2,1-2H3,(H2,27,29,30,32). The van der Waals surface area contributed by atoms with Crippen LogP contribution in [0.1, 0.15) is 41.3 Å². The van der Waals surface area contributed by atoms with E-state index < -0.39 is 0 Å². The van der Waals surface area contributed by atoms with Gasteiger partial charge in [-0.15, -0.1) is 0 Å². The molecule has 0 atom stereocenters. The summed E-state index contributed by atoms with van der Waals surface area (Å²) in [6.07, 6.45) is 0. The Kier molecular flexibility index (Phi) is 6.86. The van der Waals surface area contributed by atoms with Gasteiger partial charge in [0.25, 0.3) is 5.91 Å². The van der Waals surface area contributed by atoms with E-state index in [4.69, 9.17) is 16.6 Å². The molecule has 0 fully saturated rings. The zero-order valence-electron chi connectivity index (χ0n) is 17.7. The SMILES string of the molecule is CC(C)c1ccc2oc(-c3ccc(CNC(=S)NC(=O)c4ccc(I)cc4)cc3)nc2c1. The minimum Gasteiger partial charge on any atom is -0.436 e. The number of rotatable bonds is 5. The van der Waals surface area contributed by atoms with Gasteiger partial charge in [-0.3, -0.25) is 10.1 Å². The molecule has 2 N–H and O–H groups in total. The average Bonchev–Trinajstić information content (AvgIpc) is 3.22. The number of hydrogen-bond donors (Lipinski definition) is 2. The molecule has 1 amide bonds. The number of carbonyl (C=O) groups excluding carboxylic acids is 1. The maximum Gasteiger partial charge on any atom is 0.257 e. The highest BCUT2D eigenvalue weighted by Gasteiger charge is 2.11. The quantitative estimate of drug-likeness (QED) is 0.233. The van der Waals surface area contributed by atoms with E-state index in [2.05, 4.69) is 64.2 Å². The van der Waals surface area contributed by atoms with Gasteiger partial charge in [-0.25, -0.2) is 4.98 Å². The molecule has 7 heteroatoms. The van der Waals surface area contributed by atoms with Crippen LogP contribution in [0.15, 0.2) is 71.1 Å². The number of nitrogens with zero attached hydrogens (tertiary/aromatic N) is 1. The summed E-state index contributed by atoms with van der Waals surface area (Å²) in [6, 6.07) is 21.4. The van der Waals surface area contributed by atoms with E-state index in [1.54, 1.807) is 12.1 Å². The first-order valence-corrected chi connectivity index (χ1v) is 11.7. The van der Waals surface area contributed by atoms with Crippen molar-refractivity contribution in [1.82, 2.24) is 15.6 Å². The Hall–Kier alpha value is -2.78. The van der Waals surface area contributed by atoms with Gasteiger partial charge in [0.15, 0.2) is 10.7 Å². The number of amides is 1. The van der Waals surface area contributed by atoms with Crippen LogP contribution in [0.5, 0.6) is 0 Å². The van der Waals surface area contributed by atoms with Crippen LogP contribution in [0.2, 0.25) is 0 Å². The molecule has 0 saturated carbocycles. The summed E-state index contributed by atoms with van der Waals surface area (Å²) in [5, 5.41) is 6.06. The Labute approximate surface area is 205 Å². The second kappa shape index (κ2) is 9.79. The maximum atomic E-state index is 12.3. The summed E-state index contributed by atoms with van der Waals surface area (Å²) < 4.78 is 7.00. The molecule has 0 spiro atoms. The molecule has 1 aromatic heterocycles. The van der Waals surface area contributed by atoms with Crippen molar-refractivity contribution in [2.75, 3.05) is 0 Å². The fraction of sp³-hybridized carbons (Fsp3) is 0.160. The van der Waals surface area contributed by atoms with Crippen LogP contribution in [-0.4, -0.2) is 16.0 Å². The zero-order chi connectivity index (χ0) is 22.7. The highest BCUT2D eigenvalue weighted by Crippen LogP contribution is 2.27. The second-order valence-corrected chi connectivity index (χ2v) is 9.40. The van der Waals surface area contributed by atoms with E-state index in [0.29, 0.717) is 23.9 Å². The summed E-state index contributed by atoms with van der Waals surface area (Å²) >= 11 is 7.45. The number of fused-ring (bicyclic) bond motifs is 1. The number of aromatic nitrogens is 1. The van der Waals surface area contributed by atoms with E-state index in [-0.39, 0.29) is 11.0 Å². The average molecular weight is 555 g/mol. The lowest BCUT2D eigenvalue weighted by Crippen LogP contribution is -2.38. The molecule has 0 aliphatic heterocycles. The van der Waals surface area contributed by atoms with Crippen molar-refractivity contribution >= 4 is 56.9 Å². The monoisotopic (exact) mass is 555 g/mol. The minimum absolute atomic E-state index is 0.231. The molecule has 5 nitrogen and oxygen atoms in total. The number of thiocarbonyl (C=S) groups is 1. The number of halogens is 1. The van der Waals surface area contributed by atoms with Gasteiger partial charge < -0.3 is 9.73 Å². The summed E-state index contributed by atoms with van der Waals surface area (Å²) in [4.78, 5) is 16.9. The Morgan fingerprint density at radius 1 is 1.06 bits per heavy atom. The van der Waals surface area contributed by atoms with Crippen molar-refractivity contribution in [3.63, 3.8) is 0 Å². The zero-order valence-corrected chi connectivity index (χ0v) is 20.7. The number of carbonyl (C=O) groups is 1. The lowest BCUT2D eigenvalue weighted by molar-refractivity contribution is 0.0976. The normalized spacial score (nSPS) is 11.0. The molecule has 3 aromatic carbocycles. The molecule has 0 aliphatic carbocycles. The Bertz CT molecular complexity index is 1260.